The zero-order valence-electron chi connectivity index (χ0n) is 12.1. The number of hydrogen-bond acceptors (Lipinski definition) is 2. The van der Waals surface area contributed by atoms with E-state index in [1.54, 1.807) is 4.90 Å². The van der Waals surface area contributed by atoms with E-state index >= 15 is 0 Å². The summed E-state index contributed by atoms with van der Waals surface area (Å²) in [5.41, 5.74) is 0.265. The maximum absolute atomic E-state index is 12.5. The molecule has 1 aromatic rings. The molecule has 6 heteroatoms. The fourth-order valence-electron chi connectivity index (χ4n) is 2.82. The minimum Gasteiger partial charge on any atom is -0.478 e. The van der Waals surface area contributed by atoms with Crippen molar-refractivity contribution in [3.05, 3.63) is 28.8 Å². The van der Waals surface area contributed by atoms with Crippen LogP contribution in [-0.4, -0.2) is 34.1 Å². The summed E-state index contributed by atoms with van der Waals surface area (Å²) in [5, 5.41) is 12.3. The summed E-state index contributed by atoms with van der Waals surface area (Å²) in [4.78, 5) is 25.5. The van der Waals surface area contributed by atoms with Gasteiger partial charge < -0.3 is 15.3 Å². The van der Waals surface area contributed by atoms with E-state index in [2.05, 4.69) is 5.32 Å². The van der Waals surface area contributed by atoms with Crippen molar-refractivity contribution in [2.75, 3.05) is 5.32 Å². The summed E-state index contributed by atoms with van der Waals surface area (Å²) in [6.07, 6.45) is 2.83. The average Bonchev–Trinajstić information content (AvgIpc) is 2.79. The lowest BCUT2D eigenvalue weighted by Crippen LogP contribution is -2.42. The molecule has 0 radical (unpaired) electrons. The van der Waals surface area contributed by atoms with E-state index in [0.717, 1.165) is 19.3 Å². The van der Waals surface area contributed by atoms with Gasteiger partial charge in [-0.15, -0.1) is 0 Å². The Morgan fingerprint density at radius 1 is 1.43 bits per heavy atom. The third-order valence-electron chi connectivity index (χ3n) is 3.95. The minimum atomic E-state index is -1.09. The second kappa shape index (κ2) is 6.35. The second-order valence-electron chi connectivity index (χ2n) is 5.32. The van der Waals surface area contributed by atoms with Crippen molar-refractivity contribution < 1.29 is 14.7 Å². The van der Waals surface area contributed by atoms with Crippen molar-refractivity contribution in [2.24, 2.45) is 0 Å². The van der Waals surface area contributed by atoms with Crippen molar-refractivity contribution in [3.8, 4) is 0 Å². The zero-order valence-corrected chi connectivity index (χ0v) is 12.9. The number of nitrogens with one attached hydrogen (secondary N) is 1. The van der Waals surface area contributed by atoms with Crippen molar-refractivity contribution in [3.63, 3.8) is 0 Å². The van der Waals surface area contributed by atoms with Gasteiger partial charge in [0.25, 0.3) is 0 Å². The molecule has 1 aliphatic rings. The fraction of sp³-hybridized carbons (Fsp3) is 0.467. The van der Waals surface area contributed by atoms with Crippen molar-refractivity contribution in [2.45, 2.75) is 45.2 Å². The summed E-state index contributed by atoms with van der Waals surface area (Å²) in [5.74, 6) is -1.09. The molecule has 1 fully saturated rings. The molecule has 0 aliphatic carbocycles. The molecule has 0 saturated carbocycles. The molecule has 5 nitrogen and oxygen atoms in total. The quantitative estimate of drug-likeness (QED) is 0.891. The molecule has 2 unspecified atom stereocenters. The Hall–Kier alpha value is -1.75. The Morgan fingerprint density at radius 3 is 2.76 bits per heavy atom. The molecule has 1 aromatic carbocycles. The molecule has 0 spiro atoms. The smallest absolute Gasteiger partial charge is 0.337 e. The number of rotatable bonds is 3. The summed E-state index contributed by atoms with van der Waals surface area (Å²) in [6.45, 7) is 4.05. The number of aromatic carboxylic acids is 1. The summed E-state index contributed by atoms with van der Waals surface area (Å²) in [7, 11) is 0. The van der Waals surface area contributed by atoms with Gasteiger partial charge in [0.05, 0.1) is 11.3 Å². The van der Waals surface area contributed by atoms with Crippen LogP contribution in [0.3, 0.4) is 0 Å². The van der Waals surface area contributed by atoms with Gasteiger partial charge in [-0.05, 0) is 44.4 Å². The highest BCUT2D eigenvalue weighted by molar-refractivity contribution is 6.31. The van der Waals surface area contributed by atoms with E-state index in [9.17, 15) is 14.7 Å². The maximum Gasteiger partial charge on any atom is 0.337 e. The molecule has 1 heterocycles. The summed E-state index contributed by atoms with van der Waals surface area (Å²) in [6, 6.07) is 4.44. The Labute approximate surface area is 128 Å². The predicted molar refractivity (Wildman–Crippen MR) is 82.0 cm³/mol. The van der Waals surface area contributed by atoms with Crippen LogP contribution in [-0.2, 0) is 0 Å². The SMILES string of the molecule is CCC1CCC(C)N1C(=O)Nc1cc(Cl)ccc1C(=O)O. The minimum absolute atomic E-state index is 0.0349. The van der Waals surface area contributed by atoms with E-state index in [0.29, 0.717) is 5.02 Å². The van der Waals surface area contributed by atoms with Crippen LogP contribution in [0.25, 0.3) is 0 Å². The van der Waals surface area contributed by atoms with Crippen LogP contribution < -0.4 is 5.32 Å². The van der Waals surface area contributed by atoms with Crippen LogP contribution in [0.5, 0.6) is 0 Å². The Balaban J connectivity index is 2.23. The number of halogens is 1. The molecule has 0 aromatic heterocycles. The molecule has 1 saturated heterocycles. The number of carbonyl (C=O) groups excluding carboxylic acids is 1. The maximum atomic E-state index is 12.5. The fourth-order valence-corrected chi connectivity index (χ4v) is 3.00. The number of carboxylic acid groups (broad SMARTS) is 1. The number of amides is 2. The van der Waals surface area contributed by atoms with Crippen LogP contribution in [0.4, 0.5) is 10.5 Å². The molecule has 2 atom stereocenters. The number of likely N-dealkylation sites (tertiary alicyclic amines) is 1. The number of benzene rings is 1. The first-order valence-electron chi connectivity index (χ1n) is 7.06. The van der Waals surface area contributed by atoms with Crippen LogP contribution in [0.2, 0.25) is 5.02 Å². The summed E-state index contributed by atoms with van der Waals surface area (Å²) < 4.78 is 0. The number of nitrogens with zero attached hydrogens (tertiary/aromatic N) is 1. The third kappa shape index (κ3) is 3.29. The van der Waals surface area contributed by atoms with Gasteiger partial charge in [0.15, 0.2) is 0 Å². The van der Waals surface area contributed by atoms with Crippen molar-refractivity contribution in [1.82, 2.24) is 4.90 Å². The molecular weight excluding hydrogens is 292 g/mol. The van der Waals surface area contributed by atoms with E-state index in [1.807, 2.05) is 13.8 Å². The van der Waals surface area contributed by atoms with Crippen LogP contribution in [0.15, 0.2) is 18.2 Å². The first-order valence-corrected chi connectivity index (χ1v) is 7.44. The monoisotopic (exact) mass is 310 g/mol. The topological polar surface area (TPSA) is 69.6 Å². The first kappa shape index (κ1) is 15.6. The zero-order chi connectivity index (χ0) is 15.6. The molecule has 2 N–H and O–H groups in total. The Kier molecular flexibility index (Phi) is 4.73. The molecule has 1 aliphatic heterocycles. The van der Waals surface area contributed by atoms with Gasteiger partial charge in [0.1, 0.15) is 0 Å². The average molecular weight is 311 g/mol. The van der Waals surface area contributed by atoms with Gasteiger partial charge in [0.2, 0.25) is 0 Å². The highest BCUT2D eigenvalue weighted by Crippen LogP contribution is 2.28. The Morgan fingerprint density at radius 2 is 2.14 bits per heavy atom. The number of carboxylic acids is 1. The molecule has 0 bridgehead atoms. The van der Waals surface area contributed by atoms with Crippen LogP contribution >= 0.6 is 11.6 Å². The highest BCUT2D eigenvalue weighted by Gasteiger charge is 2.33. The lowest BCUT2D eigenvalue weighted by atomic mass is 10.1. The van der Waals surface area contributed by atoms with E-state index < -0.39 is 5.97 Å². The van der Waals surface area contributed by atoms with Gasteiger partial charge in [-0.1, -0.05) is 18.5 Å². The summed E-state index contributed by atoms with van der Waals surface area (Å²) >= 11 is 5.89. The molecular formula is C15H19ClN2O3. The number of urea groups is 1. The van der Waals surface area contributed by atoms with Crippen LogP contribution in [0, 0.1) is 0 Å². The molecule has 21 heavy (non-hydrogen) atoms. The number of carbonyl (C=O) groups is 2. The first-order chi connectivity index (χ1) is 9.93. The van der Waals surface area contributed by atoms with Gasteiger partial charge in [-0.3, -0.25) is 0 Å². The standard InChI is InChI=1S/C15H19ClN2O3/c1-3-11-6-4-9(2)18(11)15(21)17-13-8-10(16)5-7-12(13)14(19)20/h5,7-9,11H,3-4,6H2,1-2H3,(H,17,21)(H,19,20). The van der Waals surface area contributed by atoms with Gasteiger partial charge in [0, 0.05) is 17.1 Å². The van der Waals surface area contributed by atoms with Gasteiger partial charge >= 0.3 is 12.0 Å². The largest absolute Gasteiger partial charge is 0.478 e. The lowest BCUT2D eigenvalue weighted by Gasteiger charge is -2.28. The second-order valence-corrected chi connectivity index (χ2v) is 5.76. The van der Waals surface area contributed by atoms with E-state index in [1.165, 1.54) is 18.2 Å². The van der Waals surface area contributed by atoms with Crippen LogP contribution in [0.1, 0.15) is 43.5 Å². The van der Waals surface area contributed by atoms with Crippen molar-refractivity contribution in [1.29, 1.82) is 0 Å². The molecule has 2 rings (SSSR count). The Bertz CT molecular complexity index is 562. The van der Waals surface area contributed by atoms with Gasteiger partial charge in [-0.25, -0.2) is 9.59 Å². The third-order valence-corrected chi connectivity index (χ3v) is 4.18. The lowest BCUT2D eigenvalue weighted by molar-refractivity contribution is 0.0698. The highest BCUT2D eigenvalue weighted by atomic mass is 35.5. The normalized spacial score (nSPS) is 21.4. The van der Waals surface area contributed by atoms with E-state index in [4.69, 9.17) is 11.6 Å². The van der Waals surface area contributed by atoms with Crippen molar-refractivity contribution >= 4 is 29.3 Å². The molecule has 2 amide bonds. The predicted octanol–water partition coefficient (Wildman–Crippen LogP) is 3.83. The van der Waals surface area contributed by atoms with E-state index in [-0.39, 0.29) is 29.4 Å². The molecule has 114 valence electrons. The van der Waals surface area contributed by atoms with Gasteiger partial charge in [-0.2, -0.15) is 0 Å². The number of hydrogen-bond donors (Lipinski definition) is 2. The number of anilines is 1.